The monoisotopic (exact) mass is 439 g/mol. The van der Waals surface area contributed by atoms with Gasteiger partial charge in [-0.1, -0.05) is 17.7 Å². The third-order valence-corrected chi connectivity index (χ3v) is 6.13. The summed E-state index contributed by atoms with van der Waals surface area (Å²) in [5, 5.41) is 16.7. The van der Waals surface area contributed by atoms with Crippen LogP contribution in [0.1, 0.15) is 11.3 Å². The molecule has 0 bridgehead atoms. The Morgan fingerprint density at radius 3 is 2.60 bits per heavy atom. The van der Waals surface area contributed by atoms with Gasteiger partial charge < -0.3 is 5.73 Å². The van der Waals surface area contributed by atoms with Gasteiger partial charge in [0.25, 0.3) is 10.0 Å². The van der Waals surface area contributed by atoms with E-state index < -0.39 is 10.0 Å². The molecule has 0 amide bonds. The van der Waals surface area contributed by atoms with E-state index in [1.807, 2.05) is 6.07 Å². The van der Waals surface area contributed by atoms with Crippen molar-refractivity contribution in [1.29, 1.82) is 5.26 Å². The van der Waals surface area contributed by atoms with Crippen LogP contribution in [0.15, 0.2) is 47.4 Å². The molecule has 4 N–H and O–H groups in total. The van der Waals surface area contributed by atoms with E-state index in [0.29, 0.717) is 39.6 Å². The number of hydrogen-bond acceptors (Lipinski definition) is 7. The molecule has 2 aromatic heterocycles. The first kappa shape index (κ1) is 19.6. The van der Waals surface area contributed by atoms with Gasteiger partial charge in [-0.15, -0.1) is 0 Å². The quantitative estimate of drug-likeness (QED) is 0.441. The Balaban J connectivity index is 1.65. The summed E-state index contributed by atoms with van der Waals surface area (Å²) in [6, 6.07) is 12.6. The highest BCUT2D eigenvalue weighted by Crippen LogP contribution is 2.27. The van der Waals surface area contributed by atoms with Crippen LogP contribution in [-0.4, -0.2) is 28.6 Å². The summed E-state index contributed by atoms with van der Waals surface area (Å²) in [5.41, 5.74) is 7.83. The number of aromatic nitrogens is 4. The predicted octanol–water partition coefficient (Wildman–Crippen LogP) is 3.24. The van der Waals surface area contributed by atoms with Gasteiger partial charge in [-0.25, -0.2) is 18.4 Å². The number of halogens is 1. The Kier molecular flexibility index (Phi) is 4.77. The number of nitrogens with zero attached hydrogens (tertiary/aromatic N) is 4. The second-order valence-electron chi connectivity index (χ2n) is 6.38. The van der Waals surface area contributed by atoms with Gasteiger partial charge in [0.15, 0.2) is 11.5 Å². The van der Waals surface area contributed by atoms with E-state index in [1.165, 1.54) is 18.2 Å². The number of anilines is 2. The van der Waals surface area contributed by atoms with Crippen molar-refractivity contribution < 1.29 is 8.42 Å². The number of aromatic amines is 1. The van der Waals surface area contributed by atoms with Gasteiger partial charge >= 0.3 is 0 Å². The molecule has 0 aliphatic heterocycles. The molecule has 9 nitrogen and oxygen atoms in total. The lowest BCUT2D eigenvalue weighted by Crippen LogP contribution is -2.14. The Bertz CT molecular complexity index is 1420. The molecule has 2 aromatic carbocycles. The number of aryl methyl sites for hydroxylation is 1. The van der Waals surface area contributed by atoms with Crippen LogP contribution in [0.25, 0.3) is 22.4 Å². The predicted molar refractivity (Wildman–Crippen MR) is 113 cm³/mol. The first-order valence-corrected chi connectivity index (χ1v) is 10.5. The molecule has 30 heavy (non-hydrogen) atoms. The smallest absolute Gasteiger partial charge is 0.263 e. The third kappa shape index (κ3) is 3.41. The van der Waals surface area contributed by atoms with Crippen LogP contribution in [0.2, 0.25) is 5.02 Å². The maximum absolute atomic E-state index is 12.7. The van der Waals surface area contributed by atoms with E-state index in [-0.39, 0.29) is 15.5 Å². The van der Waals surface area contributed by atoms with Crippen molar-refractivity contribution in [2.45, 2.75) is 11.8 Å². The molecular weight excluding hydrogens is 426 g/mol. The van der Waals surface area contributed by atoms with Crippen molar-refractivity contribution in [2.75, 3.05) is 10.5 Å². The van der Waals surface area contributed by atoms with Gasteiger partial charge in [-0.05, 0) is 43.3 Å². The van der Waals surface area contributed by atoms with Crippen molar-refractivity contribution in [3.63, 3.8) is 0 Å². The second kappa shape index (κ2) is 7.29. The summed E-state index contributed by atoms with van der Waals surface area (Å²) >= 11 is 5.94. The number of nitriles is 1. The number of hydrogen-bond donors (Lipinski definition) is 3. The molecule has 0 radical (unpaired) electrons. The number of nitrogens with two attached hydrogens (primary N) is 1. The van der Waals surface area contributed by atoms with E-state index in [1.54, 1.807) is 31.2 Å². The minimum absolute atomic E-state index is 0.0673. The number of fused-ring (bicyclic) bond motifs is 1. The number of benzene rings is 2. The number of rotatable bonds is 4. The Labute approximate surface area is 176 Å². The molecule has 2 heterocycles. The van der Waals surface area contributed by atoms with Crippen LogP contribution in [-0.2, 0) is 10.0 Å². The molecule has 150 valence electrons. The highest BCUT2D eigenvalue weighted by atomic mass is 35.5. The molecule has 0 fully saturated rings. The lowest BCUT2D eigenvalue weighted by atomic mass is 10.2. The van der Waals surface area contributed by atoms with E-state index in [9.17, 15) is 13.7 Å². The molecule has 0 atom stereocenters. The summed E-state index contributed by atoms with van der Waals surface area (Å²) in [7, 11) is -4.01. The minimum Gasteiger partial charge on any atom is -0.383 e. The van der Waals surface area contributed by atoms with Crippen molar-refractivity contribution in [3.05, 3.63) is 58.7 Å². The molecule has 11 heteroatoms. The summed E-state index contributed by atoms with van der Waals surface area (Å²) in [5.74, 6) is 0.832. The van der Waals surface area contributed by atoms with E-state index in [4.69, 9.17) is 17.3 Å². The van der Waals surface area contributed by atoms with E-state index in [2.05, 4.69) is 24.9 Å². The fourth-order valence-corrected chi connectivity index (χ4v) is 4.50. The van der Waals surface area contributed by atoms with Gasteiger partial charge in [0.1, 0.15) is 16.8 Å². The topological polar surface area (TPSA) is 150 Å². The van der Waals surface area contributed by atoms with Crippen molar-refractivity contribution in [2.24, 2.45) is 0 Å². The van der Waals surface area contributed by atoms with Crippen LogP contribution < -0.4 is 10.5 Å². The number of H-pyrrole nitrogens is 1. The second-order valence-corrected chi connectivity index (χ2v) is 8.43. The Hall–Kier alpha value is -3.68. The maximum Gasteiger partial charge on any atom is 0.263 e. The fourth-order valence-electron chi connectivity index (χ4n) is 2.99. The Morgan fingerprint density at radius 1 is 1.17 bits per heavy atom. The normalized spacial score (nSPS) is 11.4. The molecule has 0 saturated carbocycles. The zero-order valence-corrected chi connectivity index (χ0v) is 17.1. The first-order chi connectivity index (χ1) is 14.3. The molecule has 0 aliphatic carbocycles. The molecule has 0 saturated heterocycles. The maximum atomic E-state index is 12.7. The van der Waals surface area contributed by atoms with Crippen LogP contribution in [0.4, 0.5) is 11.5 Å². The molecule has 0 unspecified atom stereocenters. The molecule has 0 aliphatic rings. The molecule has 4 aromatic rings. The summed E-state index contributed by atoms with van der Waals surface area (Å²) < 4.78 is 27.9. The number of nitrogens with one attached hydrogen (secondary N) is 2. The standard InChI is InChI=1S/C19H14ClN7O2S/c1-10-16-17(22)25-26-19(16)24-18(23-10)11-5-7-12(8-6-11)27-30(28,29)15-4-2-3-14(20)13(15)9-21/h2-8,27H,1H3,(H3,22,23,24,25,26). The highest BCUT2D eigenvalue weighted by Gasteiger charge is 2.21. The summed E-state index contributed by atoms with van der Waals surface area (Å²) in [6.07, 6.45) is 0. The number of nitrogen functional groups attached to an aromatic ring is 1. The minimum atomic E-state index is -4.01. The van der Waals surface area contributed by atoms with Gasteiger partial charge in [0.2, 0.25) is 0 Å². The molecule has 0 spiro atoms. The fraction of sp³-hybridized carbons (Fsp3) is 0.0526. The van der Waals surface area contributed by atoms with Crippen molar-refractivity contribution in [1.82, 2.24) is 20.2 Å². The SMILES string of the molecule is Cc1nc(-c2ccc(NS(=O)(=O)c3cccc(Cl)c3C#N)cc2)nc2n[nH]c(N)c12. The van der Waals surface area contributed by atoms with Gasteiger partial charge in [-0.2, -0.15) is 10.4 Å². The van der Waals surface area contributed by atoms with Crippen molar-refractivity contribution >= 4 is 44.2 Å². The third-order valence-electron chi connectivity index (χ3n) is 4.39. The summed E-state index contributed by atoms with van der Waals surface area (Å²) in [6.45, 7) is 1.81. The van der Waals surface area contributed by atoms with Crippen LogP contribution >= 0.6 is 11.6 Å². The average molecular weight is 440 g/mol. The van der Waals surface area contributed by atoms with Crippen LogP contribution in [0, 0.1) is 18.3 Å². The van der Waals surface area contributed by atoms with Crippen LogP contribution in [0.3, 0.4) is 0 Å². The lowest BCUT2D eigenvalue weighted by molar-refractivity contribution is 0.601. The molecule has 4 rings (SSSR count). The molecular formula is C19H14ClN7O2S. The van der Waals surface area contributed by atoms with E-state index >= 15 is 0 Å². The van der Waals surface area contributed by atoms with Crippen LogP contribution in [0.5, 0.6) is 0 Å². The van der Waals surface area contributed by atoms with Gasteiger partial charge in [0, 0.05) is 11.3 Å². The van der Waals surface area contributed by atoms with Gasteiger partial charge in [-0.3, -0.25) is 9.82 Å². The Morgan fingerprint density at radius 2 is 1.90 bits per heavy atom. The lowest BCUT2D eigenvalue weighted by Gasteiger charge is -2.10. The first-order valence-electron chi connectivity index (χ1n) is 8.60. The zero-order valence-electron chi connectivity index (χ0n) is 15.5. The average Bonchev–Trinajstić information content (AvgIpc) is 3.09. The van der Waals surface area contributed by atoms with E-state index in [0.717, 1.165) is 0 Å². The van der Waals surface area contributed by atoms with Gasteiger partial charge in [0.05, 0.1) is 21.7 Å². The summed E-state index contributed by atoms with van der Waals surface area (Å²) in [4.78, 5) is 8.64. The highest BCUT2D eigenvalue weighted by molar-refractivity contribution is 7.92. The largest absolute Gasteiger partial charge is 0.383 e. The zero-order chi connectivity index (χ0) is 21.5. The number of sulfonamides is 1. The van der Waals surface area contributed by atoms with Crippen molar-refractivity contribution in [3.8, 4) is 17.5 Å².